The van der Waals surface area contributed by atoms with Crippen LogP contribution < -0.4 is 15.4 Å². The second kappa shape index (κ2) is 9.92. The average Bonchev–Trinajstić information content (AvgIpc) is 3.26. The van der Waals surface area contributed by atoms with Crippen molar-refractivity contribution in [2.45, 2.75) is 12.7 Å². The molecule has 8 heteroatoms. The molecule has 154 valence electrons. The molecule has 0 aliphatic rings. The lowest BCUT2D eigenvalue weighted by Gasteiger charge is -2.16. The lowest BCUT2D eigenvalue weighted by Crippen LogP contribution is -2.41. The Morgan fingerprint density at radius 2 is 1.60 bits per heavy atom. The Morgan fingerprint density at radius 3 is 2.27 bits per heavy atom. The van der Waals surface area contributed by atoms with Crippen molar-refractivity contribution in [2.75, 3.05) is 7.05 Å². The molecule has 0 bridgehead atoms. The van der Waals surface area contributed by atoms with Gasteiger partial charge in [0.2, 0.25) is 11.9 Å². The molecule has 30 heavy (non-hydrogen) atoms. The van der Waals surface area contributed by atoms with Gasteiger partial charge in [0, 0.05) is 12.6 Å². The Labute approximate surface area is 172 Å². The van der Waals surface area contributed by atoms with Gasteiger partial charge in [0.25, 0.3) is 5.91 Å². The molecule has 0 aliphatic carbocycles. The predicted molar refractivity (Wildman–Crippen MR) is 107 cm³/mol. The van der Waals surface area contributed by atoms with E-state index in [1.807, 2.05) is 18.2 Å². The summed E-state index contributed by atoms with van der Waals surface area (Å²) in [6, 6.07) is 19.8. The molecule has 0 saturated carbocycles. The second-order valence-corrected chi connectivity index (χ2v) is 6.13. The van der Waals surface area contributed by atoms with E-state index in [0.29, 0.717) is 17.1 Å². The van der Waals surface area contributed by atoms with Gasteiger partial charge in [-0.25, -0.2) is 9.59 Å². The molecule has 0 fully saturated rings. The molecule has 0 aliphatic heterocycles. The molecule has 3 rings (SSSR count). The van der Waals surface area contributed by atoms with Crippen molar-refractivity contribution >= 4 is 17.9 Å². The molecule has 0 unspecified atom stereocenters. The third-order valence-corrected chi connectivity index (χ3v) is 4.02. The first-order chi connectivity index (χ1) is 14.6. The van der Waals surface area contributed by atoms with Crippen LogP contribution >= 0.6 is 0 Å². The molecule has 1 atom stereocenters. The van der Waals surface area contributed by atoms with Gasteiger partial charge < -0.3 is 19.2 Å². The first kappa shape index (κ1) is 20.7. The van der Waals surface area contributed by atoms with E-state index in [9.17, 15) is 14.4 Å². The maximum atomic E-state index is 12.5. The normalized spacial score (nSPS) is 11.2. The van der Waals surface area contributed by atoms with Crippen molar-refractivity contribution in [3.05, 3.63) is 89.9 Å². The van der Waals surface area contributed by atoms with Crippen LogP contribution in [0, 0.1) is 0 Å². The zero-order valence-electron chi connectivity index (χ0n) is 16.2. The summed E-state index contributed by atoms with van der Waals surface area (Å²) in [6.07, 6.45) is -1.33. The molecular formula is C22H20N2O6. The Balaban J connectivity index is 1.68. The van der Waals surface area contributed by atoms with Gasteiger partial charge in [-0.2, -0.15) is 0 Å². The summed E-state index contributed by atoms with van der Waals surface area (Å²) >= 11 is 0. The second-order valence-electron chi connectivity index (χ2n) is 6.13. The number of urea groups is 1. The summed E-state index contributed by atoms with van der Waals surface area (Å²) < 4.78 is 16.4. The average molecular weight is 408 g/mol. The summed E-state index contributed by atoms with van der Waals surface area (Å²) in [6.45, 7) is 0.122. The zero-order valence-corrected chi connectivity index (χ0v) is 16.2. The third-order valence-electron chi connectivity index (χ3n) is 4.02. The summed E-state index contributed by atoms with van der Waals surface area (Å²) in [5.41, 5.74) is 0.409. The fourth-order valence-corrected chi connectivity index (χ4v) is 2.54. The monoisotopic (exact) mass is 408 g/mol. The first-order valence-corrected chi connectivity index (χ1v) is 9.12. The number of rotatable bonds is 7. The summed E-state index contributed by atoms with van der Waals surface area (Å²) in [5, 5.41) is 4.39. The number of amides is 3. The SMILES string of the molecule is CNC(=O)NC(=O)[C@@H](OC(=O)c1ccc(COc2ccccc2)o1)c1ccccc1. The number of para-hydroxylation sites is 1. The highest BCUT2D eigenvalue weighted by Crippen LogP contribution is 2.21. The standard InChI is InChI=1S/C22H20N2O6/c1-23-22(27)24-20(25)19(15-8-4-2-5-9-15)30-21(26)18-13-12-17(29-18)14-28-16-10-6-3-7-11-16/h2-13,19H,14H2,1H3,(H2,23,24,25,27)/t19-/m0/s1. The quantitative estimate of drug-likeness (QED) is 0.582. The van der Waals surface area contributed by atoms with Crippen LogP contribution in [0.4, 0.5) is 4.79 Å². The zero-order chi connectivity index (χ0) is 21.3. The largest absolute Gasteiger partial charge is 0.486 e. The molecule has 0 saturated heterocycles. The number of esters is 1. The number of benzene rings is 2. The number of hydrogen-bond donors (Lipinski definition) is 2. The van der Waals surface area contributed by atoms with Crippen LogP contribution in [0.15, 0.2) is 77.2 Å². The van der Waals surface area contributed by atoms with E-state index in [4.69, 9.17) is 13.9 Å². The molecule has 1 heterocycles. The highest BCUT2D eigenvalue weighted by atomic mass is 16.6. The van der Waals surface area contributed by atoms with Gasteiger partial charge in [0.05, 0.1) is 0 Å². The van der Waals surface area contributed by atoms with E-state index in [1.54, 1.807) is 48.5 Å². The fraction of sp³-hybridized carbons (Fsp3) is 0.136. The van der Waals surface area contributed by atoms with Crippen molar-refractivity contribution in [1.82, 2.24) is 10.6 Å². The Hall–Kier alpha value is -4.07. The summed E-state index contributed by atoms with van der Waals surface area (Å²) in [5.74, 6) is -0.643. The van der Waals surface area contributed by atoms with Crippen molar-refractivity contribution in [3.63, 3.8) is 0 Å². The minimum Gasteiger partial charge on any atom is -0.486 e. The Bertz CT molecular complexity index is 1000. The van der Waals surface area contributed by atoms with Crippen LogP contribution in [0.25, 0.3) is 0 Å². The Kier molecular flexibility index (Phi) is 6.83. The van der Waals surface area contributed by atoms with Crippen LogP contribution in [0.2, 0.25) is 0 Å². The van der Waals surface area contributed by atoms with Gasteiger partial charge >= 0.3 is 12.0 Å². The number of ether oxygens (including phenoxy) is 2. The molecular weight excluding hydrogens is 388 g/mol. The number of imide groups is 1. The van der Waals surface area contributed by atoms with E-state index >= 15 is 0 Å². The minimum atomic E-state index is -1.33. The molecule has 0 spiro atoms. The van der Waals surface area contributed by atoms with Gasteiger partial charge in [-0.05, 0) is 24.3 Å². The third kappa shape index (κ3) is 5.48. The first-order valence-electron chi connectivity index (χ1n) is 9.12. The lowest BCUT2D eigenvalue weighted by atomic mass is 10.1. The van der Waals surface area contributed by atoms with E-state index in [0.717, 1.165) is 0 Å². The van der Waals surface area contributed by atoms with Gasteiger partial charge in [0.1, 0.15) is 18.1 Å². The minimum absolute atomic E-state index is 0.0877. The number of carbonyl (C=O) groups excluding carboxylic acids is 3. The maximum absolute atomic E-state index is 12.5. The number of nitrogens with one attached hydrogen (secondary N) is 2. The van der Waals surface area contributed by atoms with Gasteiger partial charge in [-0.3, -0.25) is 10.1 Å². The lowest BCUT2D eigenvalue weighted by molar-refractivity contribution is -0.129. The molecule has 1 aromatic heterocycles. The molecule has 3 aromatic rings. The van der Waals surface area contributed by atoms with E-state index in [2.05, 4.69) is 10.6 Å². The van der Waals surface area contributed by atoms with E-state index < -0.39 is 24.0 Å². The topological polar surface area (TPSA) is 107 Å². The molecule has 8 nitrogen and oxygen atoms in total. The molecule has 2 N–H and O–H groups in total. The number of hydrogen-bond acceptors (Lipinski definition) is 6. The van der Waals surface area contributed by atoms with Crippen molar-refractivity contribution in [3.8, 4) is 5.75 Å². The van der Waals surface area contributed by atoms with Crippen LogP contribution in [0.5, 0.6) is 5.75 Å². The van der Waals surface area contributed by atoms with Crippen molar-refractivity contribution in [1.29, 1.82) is 0 Å². The van der Waals surface area contributed by atoms with E-state index in [-0.39, 0.29) is 12.4 Å². The smallest absolute Gasteiger partial charge is 0.375 e. The van der Waals surface area contributed by atoms with Crippen molar-refractivity contribution < 1.29 is 28.3 Å². The molecule has 3 amide bonds. The molecule has 2 aromatic carbocycles. The van der Waals surface area contributed by atoms with Crippen LogP contribution in [-0.2, 0) is 16.1 Å². The summed E-state index contributed by atoms with van der Waals surface area (Å²) in [4.78, 5) is 36.5. The van der Waals surface area contributed by atoms with Crippen molar-refractivity contribution in [2.24, 2.45) is 0 Å². The Morgan fingerprint density at radius 1 is 0.933 bits per heavy atom. The maximum Gasteiger partial charge on any atom is 0.375 e. The van der Waals surface area contributed by atoms with Crippen LogP contribution in [0.1, 0.15) is 28.0 Å². The predicted octanol–water partition coefficient (Wildman–Crippen LogP) is 3.21. The molecule has 0 radical (unpaired) electrons. The summed E-state index contributed by atoms with van der Waals surface area (Å²) in [7, 11) is 1.37. The van der Waals surface area contributed by atoms with E-state index in [1.165, 1.54) is 13.1 Å². The number of furan rings is 1. The fourth-order valence-electron chi connectivity index (χ4n) is 2.54. The van der Waals surface area contributed by atoms with Gasteiger partial charge in [-0.15, -0.1) is 0 Å². The van der Waals surface area contributed by atoms with Crippen LogP contribution in [-0.4, -0.2) is 25.0 Å². The highest BCUT2D eigenvalue weighted by Gasteiger charge is 2.28. The highest BCUT2D eigenvalue weighted by molar-refractivity contribution is 5.98. The van der Waals surface area contributed by atoms with Crippen LogP contribution in [0.3, 0.4) is 0 Å². The van der Waals surface area contributed by atoms with Gasteiger partial charge in [0.15, 0.2) is 0 Å². The van der Waals surface area contributed by atoms with Gasteiger partial charge in [-0.1, -0.05) is 48.5 Å². The number of carbonyl (C=O) groups is 3.